The molecule has 1 aliphatic rings. The number of carbonyl (C=O) groups excluding carboxylic acids is 1. The van der Waals surface area contributed by atoms with Crippen molar-refractivity contribution in [3.63, 3.8) is 0 Å². The molecule has 0 spiro atoms. The van der Waals surface area contributed by atoms with Gasteiger partial charge < -0.3 is 15.0 Å². The number of rotatable bonds is 5. The van der Waals surface area contributed by atoms with Crippen molar-refractivity contribution in [3.8, 4) is 5.75 Å². The number of benzene rings is 2. The van der Waals surface area contributed by atoms with Crippen molar-refractivity contribution in [1.29, 1.82) is 0 Å². The van der Waals surface area contributed by atoms with Gasteiger partial charge in [0.25, 0.3) is 0 Å². The van der Waals surface area contributed by atoms with Crippen LogP contribution in [-0.2, 0) is 11.2 Å². The van der Waals surface area contributed by atoms with E-state index in [2.05, 4.69) is 22.3 Å². The standard InChI is InChI=1S/C20H24N2O2/c1-22(2)18(15-8-4-3-5-9-15)13-21-20(23)17-12-16-10-6-7-11-19(16)24-14-17/h3-11,17-18H,12-14H2,1-2H3,(H,21,23)/t17-,18+/m0/s1. The fourth-order valence-electron chi connectivity index (χ4n) is 3.11. The van der Waals surface area contributed by atoms with Gasteiger partial charge in [0.2, 0.25) is 5.91 Å². The van der Waals surface area contributed by atoms with Crippen LogP contribution in [0.1, 0.15) is 17.2 Å². The molecular formula is C20H24N2O2. The summed E-state index contributed by atoms with van der Waals surface area (Å²) in [5, 5.41) is 3.10. The van der Waals surface area contributed by atoms with E-state index in [9.17, 15) is 4.79 Å². The summed E-state index contributed by atoms with van der Waals surface area (Å²) in [6.45, 7) is 1.04. The number of ether oxygens (including phenoxy) is 1. The lowest BCUT2D eigenvalue weighted by Gasteiger charge is -2.28. The third-order valence-corrected chi connectivity index (χ3v) is 4.53. The maximum Gasteiger partial charge on any atom is 0.226 e. The maximum absolute atomic E-state index is 12.6. The monoisotopic (exact) mass is 324 g/mol. The Kier molecular flexibility index (Phi) is 5.16. The van der Waals surface area contributed by atoms with E-state index in [1.165, 1.54) is 5.56 Å². The first-order chi connectivity index (χ1) is 11.6. The van der Waals surface area contributed by atoms with Crippen LogP contribution in [0, 0.1) is 5.92 Å². The average Bonchev–Trinajstić information content (AvgIpc) is 2.62. The van der Waals surface area contributed by atoms with Crippen molar-refractivity contribution in [2.24, 2.45) is 5.92 Å². The highest BCUT2D eigenvalue weighted by molar-refractivity contribution is 5.79. The molecule has 0 unspecified atom stereocenters. The van der Waals surface area contributed by atoms with E-state index in [-0.39, 0.29) is 17.9 Å². The molecule has 126 valence electrons. The molecule has 0 aliphatic carbocycles. The number of para-hydroxylation sites is 1. The minimum atomic E-state index is -0.126. The Balaban J connectivity index is 1.61. The molecule has 4 heteroatoms. The minimum Gasteiger partial charge on any atom is -0.492 e. The second-order valence-corrected chi connectivity index (χ2v) is 6.46. The highest BCUT2D eigenvalue weighted by Crippen LogP contribution is 2.27. The van der Waals surface area contributed by atoms with Gasteiger partial charge in [-0.1, -0.05) is 48.5 Å². The van der Waals surface area contributed by atoms with Gasteiger partial charge in [-0.3, -0.25) is 4.79 Å². The van der Waals surface area contributed by atoms with Crippen LogP contribution in [0.15, 0.2) is 54.6 Å². The number of nitrogens with zero attached hydrogens (tertiary/aromatic N) is 1. The molecule has 1 heterocycles. The van der Waals surface area contributed by atoms with Crippen LogP contribution in [0.5, 0.6) is 5.75 Å². The summed E-state index contributed by atoms with van der Waals surface area (Å²) in [5.74, 6) is 0.836. The van der Waals surface area contributed by atoms with E-state index in [0.717, 1.165) is 17.7 Å². The highest BCUT2D eigenvalue weighted by Gasteiger charge is 2.26. The number of hydrogen-bond acceptors (Lipinski definition) is 3. The lowest BCUT2D eigenvalue weighted by atomic mass is 9.96. The molecule has 0 aromatic heterocycles. The summed E-state index contributed by atoms with van der Waals surface area (Å²) >= 11 is 0. The number of nitrogens with one attached hydrogen (secondary N) is 1. The van der Waals surface area contributed by atoms with Crippen LogP contribution in [0.2, 0.25) is 0 Å². The highest BCUT2D eigenvalue weighted by atomic mass is 16.5. The Morgan fingerprint density at radius 3 is 2.62 bits per heavy atom. The minimum absolute atomic E-state index is 0.0623. The van der Waals surface area contributed by atoms with Crippen LogP contribution in [0.4, 0.5) is 0 Å². The molecule has 4 nitrogen and oxygen atoms in total. The number of carbonyl (C=O) groups is 1. The first-order valence-corrected chi connectivity index (χ1v) is 8.35. The van der Waals surface area contributed by atoms with Gasteiger partial charge in [0.05, 0.1) is 12.0 Å². The quantitative estimate of drug-likeness (QED) is 0.919. The van der Waals surface area contributed by atoms with Gasteiger partial charge in [-0.15, -0.1) is 0 Å². The summed E-state index contributed by atoms with van der Waals surface area (Å²) < 4.78 is 5.72. The molecule has 2 atom stereocenters. The molecule has 0 radical (unpaired) electrons. The summed E-state index contributed by atoms with van der Waals surface area (Å²) in [4.78, 5) is 14.7. The molecule has 3 rings (SSSR count). The van der Waals surface area contributed by atoms with Crippen LogP contribution in [0.25, 0.3) is 0 Å². The second-order valence-electron chi connectivity index (χ2n) is 6.46. The lowest BCUT2D eigenvalue weighted by Crippen LogP contribution is -2.41. The summed E-state index contributed by atoms with van der Waals surface area (Å²) in [5.41, 5.74) is 2.31. The molecule has 2 aromatic carbocycles. The molecule has 24 heavy (non-hydrogen) atoms. The van der Waals surface area contributed by atoms with Gasteiger partial charge in [-0.2, -0.15) is 0 Å². The van der Waals surface area contributed by atoms with Crippen LogP contribution in [0.3, 0.4) is 0 Å². The van der Waals surface area contributed by atoms with E-state index in [1.54, 1.807) is 0 Å². The summed E-state index contributed by atoms with van der Waals surface area (Å²) in [6, 6.07) is 18.3. The average molecular weight is 324 g/mol. The largest absolute Gasteiger partial charge is 0.492 e. The van der Waals surface area contributed by atoms with E-state index in [1.807, 2.05) is 56.6 Å². The Hall–Kier alpha value is -2.33. The van der Waals surface area contributed by atoms with Crippen LogP contribution >= 0.6 is 0 Å². The predicted octanol–water partition coefficient (Wildman–Crippen LogP) is 2.66. The molecule has 0 saturated carbocycles. The zero-order valence-corrected chi connectivity index (χ0v) is 14.2. The first kappa shape index (κ1) is 16.5. The zero-order chi connectivity index (χ0) is 16.9. The smallest absolute Gasteiger partial charge is 0.226 e. The molecular weight excluding hydrogens is 300 g/mol. The van der Waals surface area contributed by atoms with Gasteiger partial charge in [0, 0.05) is 6.54 Å². The topological polar surface area (TPSA) is 41.6 Å². The van der Waals surface area contributed by atoms with Gasteiger partial charge in [-0.05, 0) is 37.7 Å². The normalized spacial score (nSPS) is 17.7. The van der Waals surface area contributed by atoms with Crippen molar-refractivity contribution >= 4 is 5.91 Å². The van der Waals surface area contributed by atoms with Crippen LogP contribution < -0.4 is 10.1 Å². The number of fused-ring (bicyclic) bond motifs is 1. The molecule has 1 aliphatic heterocycles. The molecule has 0 fully saturated rings. The Bertz CT molecular complexity index is 685. The van der Waals surface area contributed by atoms with Crippen molar-refractivity contribution in [1.82, 2.24) is 10.2 Å². The number of likely N-dealkylation sites (N-methyl/N-ethyl adjacent to an activating group) is 1. The van der Waals surface area contributed by atoms with Crippen molar-refractivity contribution in [2.75, 3.05) is 27.2 Å². The molecule has 0 bridgehead atoms. The molecule has 1 amide bonds. The summed E-state index contributed by atoms with van der Waals surface area (Å²) in [6.07, 6.45) is 0.736. The van der Waals surface area contributed by atoms with E-state index < -0.39 is 0 Å². The number of amides is 1. The van der Waals surface area contributed by atoms with Crippen molar-refractivity contribution in [2.45, 2.75) is 12.5 Å². The van der Waals surface area contributed by atoms with Gasteiger partial charge in [0.15, 0.2) is 0 Å². The fourth-order valence-corrected chi connectivity index (χ4v) is 3.11. The van der Waals surface area contributed by atoms with E-state index in [0.29, 0.717) is 13.2 Å². The van der Waals surface area contributed by atoms with Crippen molar-refractivity contribution < 1.29 is 9.53 Å². The van der Waals surface area contributed by atoms with Gasteiger partial charge in [0.1, 0.15) is 12.4 Å². The van der Waals surface area contributed by atoms with Crippen molar-refractivity contribution in [3.05, 3.63) is 65.7 Å². The third kappa shape index (κ3) is 3.77. The van der Waals surface area contributed by atoms with Gasteiger partial charge in [-0.25, -0.2) is 0 Å². The Morgan fingerprint density at radius 2 is 1.88 bits per heavy atom. The number of hydrogen-bond donors (Lipinski definition) is 1. The van der Waals surface area contributed by atoms with E-state index >= 15 is 0 Å². The fraction of sp³-hybridized carbons (Fsp3) is 0.350. The first-order valence-electron chi connectivity index (χ1n) is 8.35. The predicted molar refractivity (Wildman–Crippen MR) is 95.0 cm³/mol. The zero-order valence-electron chi connectivity index (χ0n) is 14.2. The lowest BCUT2D eigenvalue weighted by molar-refractivity contribution is -0.126. The van der Waals surface area contributed by atoms with Gasteiger partial charge >= 0.3 is 0 Å². The van der Waals surface area contributed by atoms with E-state index in [4.69, 9.17) is 4.74 Å². The second kappa shape index (κ2) is 7.49. The summed E-state index contributed by atoms with van der Waals surface area (Å²) in [7, 11) is 4.06. The van der Waals surface area contributed by atoms with Crippen LogP contribution in [-0.4, -0.2) is 38.1 Å². The third-order valence-electron chi connectivity index (χ3n) is 4.53. The maximum atomic E-state index is 12.6. The molecule has 0 saturated heterocycles. The Morgan fingerprint density at radius 1 is 1.17 bits per heavy atom. The molecule has 2 aromatic rings. The SMILES string of the molecule is CN(C)[C@H](CNC(=O)[C@@H]1COc2ccccc2C1)c1ccccc1. The molecule has 1 N–H and O–H groups in total. The Labute approximate surface area is 143 Å².